The zero-order valence-corrected chi connectivity index (χ0v) is 15.9. The van der Waals surface area contributed by atoms with Crippen LogP contribution < -0.4 is 10.6 Å². The van der Waals surface area contributed by atoms with Gasteiger partial charge in [0.25, 0.3) is 5.91 Å². The minimum Gasteiger partial charge on any atom is -0.381 e. The van der Waals surface area contributed by atoms with E-state index in [1.54, 1.807) is 24.3 Å². The van der Waals surface area contributed by atoms with E-state index in [2.05, 4.69) is 24.5 Å². The summed E-state index contributed by atoms with van der Waals surface area (Å²) in [6, 6.07) is 6.86. The normalized spacial score (nSPS) is 14.3. The van der Waals surface area contributed by atoms with Crippen LogP contribution in [0.25, 0.3) is 0 Å². The molecule has 0 aliphatic carbocycles. The summed E-state index contributed by atoms with van der Waals surface area (Å²) in [5, 5.41) is 5.59. The van der Waals surface area contributed by atoms with Gasteiger partial charge in [0.05, 0.1) is 0 Å². The van der Waals surface area contributed by atoms with Crippen LogP contribution in [0.2, 0.25) is 0 Å². The molecule has 0 bridgehead atoms. The van der Waals surface area contributed by atoms with Crippen LogP contribution in [0.3, 0.4) is 0 Å². The summed E-state index contributed by atoms with van der Waals surface area (Å²) in [7, 11) is 0. The van der Waals surface area contributed by atoms with Gasteiger partial charge in [-0.15, -0.1) is 0 Å². The molecular formula is C20H31N3O3. The van der Waals surface area contributed by atoms with E-state index in [1.807, 2.05) is 4.90 Å². The lowest BCUT2D eigenvalue weighted by molar-refractivity contribution is 0.0724. The second-order valence-electron chi connectivity index (χ2n) is 7.14. The quantitative estimate of drug-likeness (QED) is 0.696. The number of anilines is 1. The molecule has 0 saturated carbocycles. The number of carbonyl (C=O) groups excluding carboxylic acids is 2. The Balaban J connectivity index is 1.75. The fraction of sp³-hybridized carbons (Fsp3) is 0.600. The minimum atomic E-state index is -0.267. The molecule has 2 rings (SSSR count). The maximum absolute atomic E-state index is 12.5. The highest BCUT2D eigenvalue weighted by Crippen LogP contribution is 2.16. The van der Waals surface area contributed by atoms with Crippen LogP contribution in [-0.4, -0.2) is 49.7 Å². The van der Waals surface area contributed by atoms with Crippen molar-refractivity contribution in [2.24, 2.45) is 5.92 Å². The number of benzene rings is 1. The van der Waals surface area contributed by atoms with Crippen LogP contribution in [0.5, 0.6) is 0 Å². The number of likely N-dealkylation sites (tertiary alicyclic amines) is 1. The third-order valence-electron chi connectivity index (χ3n) is 4.21. The van der Waals surface area contributed by atoms with E-state index in [-0.39, 0.29) is 11.9 Å². The Morgan fingerprint density at radius 2 is 1.96 bits per heavy atom. The van der Waals surface area contributed by atoms with Crippen LogP contribution in [0.4, 0.5) is 10.5 Å². The van der Waals surface area contributed by atoms with E-state index >= 15 is 0 Å². The van der Waals surface area contributed by atoms with Gasteiger partial charge < -0.3 is 20.3 Å². The van der Waals surface area contributed by atoms with Gasteiger partial charge in [0, 0.05) is 44.1 Å². The Morgan fingerprint density at radius 3 is 2.69 bits per heavy atom. The Morgan fingerprint density at radius 1 is 1.19 bits per heavy atom. The molecule has 144 valence electrons. The van der Waals surface area contributed by atoms with Gasteiger partial charge in [-0.1, -0.05) is 19.9 Å². The van der Waals surface area contributed by atoms with Crippen LogP contribution in [-0.2, 0) is 4.74 Å². The van der Waals surface area contributed by atoms with Gasteiger partial charge >= 0.3 is 6.03 Å². The highest BCUT2D eigenvalue weighted by Gasteiger charge is 2.18. The van der Waals surface area contributed by atoms with Crippen molar-refractivity contribution in [1.29, 1.82) is 0 Å². The second kappa shape index (κ2) is 10.8. The molecule has 0 aromatic heterocycles. The van der Waals surface area contributed by atoms with E-state index in [4.69, 9.17) is 4.74 Å². The van der Waals surface area contributed by atoms with Crippen LogP contribution in [0.1, 0.15) is 49.9 Å². The largest absolute Gasteiger partial charge is 0.381 e. The monoisotopic (exact) mass is 361 g/mol. The van der Waals surface area contributed by atoms with Crippen molar-refractivity contribution in [3.63, 3.8) is 0 Å². The fourth-order valence-corrected chi connectivity index (χ4v) is 2.88. The van der Waals surface area contributed by atoms with Crippen LogP contribution in [0, 0.1) is 5.92 Å². The molecule has 0 spiro atoms. The highest BCUT2D eigenvalue weighted by atomic mass is 16.5. The van der Waals surface area contributed by atoms with Crippen molar-refractivity contribution in [2.75, 3.05) is 38.2 Å². The zero-order valence-electron chi connectivity index (χ0n) is 15.9. The summed E-state index contributed by atoms with van der Waals surface area (Å²) in [5.41, 5.74) is 1.24. The summed E-state index contributed by atoms with van der Waals surface area (Å²) < 4.78 is 5.48. The summed E-state index contributed by atoms with van der Waals surface area (Å²) >= 11 is 0. The molecule has 1 aromatic rings. The van der Waals surface area contributed by atoms with Gasteiger partial charge in [0.2, 0.25) is 0 Å². The Labute approximate surface area is 156 Å². The number of nitrogens with one attached hydrogen (secondary N) is 2. The minimum absolute atomic E-state index is 0.0380. The van der Waals surface area contributed by atoms with Gasteiger partial charge in [-0.05, 0) is 49.8 Å². The van der Waals surface area contributed by atoms with Crippen molar-refractivity contribution in [3.8, 4) is 0 Å². The molecule has 0 atom stereocenters. The number of amides is 3. The number of carbonyl (C=O) groups is 2. The number of urea groups is 1. The molecule has 6 nitrogen and oxygen atoms in total. The zero-order chi connectivity index (χ0) is 18.8. The average Bonchev–Trinajstić information content (AvgIpc) is 2.64. The maximum Gasteiger partial charge on any atom is 0.319 e. The molecule has 1 saturated heterocycles. The molecule has 3 amide bonds. The predicted octanol–water partition coefficient (Wildman–Crippen LogP) is 3.50. The van der Waals surface area contributed by atoms with E-state index in [0.717, 1.165) is 39.0 Å². The molecule has 0 unspecified atom stereocenters. The van der Waals surface area contributed by atoms with Crippen molar-refractivity contribution >= 4 is 17.6 Å². The molecule has 2 N–H and O–H groups in total. The van der Waals surface area contributed by atoms with Gasteiger partial charge in [0.1, 0.15) is 0 Å². The average molecular weight is 361 g/mol. The first-order valence-electron chi connectivity index (χ1n) is 9.58. The predicted molar refractivity (Wildman–Crippen MR) is 103 cm³/mol. The summed E-state index contributed by atoms with van der Waals surface area (Å²) in [4.78, 5) is 26.4. The molecule has 1 fully saturated rings. The molecule has 1 heterocycles. The molecule has 0 radical (unpaired) electrons. The molecule has 1 aromatic carbocycles. The third kappa shape index (κ3) is 7.04. The standard InChI is InChI=1S/C20H31N3O3/c1-16(2)15-26-13-7-10-21-20(25)22-18-9-6-8-17(14-18)19(24)23-11-4-3-5-12-23/h6,8-9,14,16H,3-5,7,10-13,15H2,1-2H3,(H2,21,22,25). The number of ether oxygens (including phenoxy) is 1. The van der Waals surface area contributed by atoms with E-state index in [0.29, 0.717) is 30.3 Å². The Bertz CT molecular complexity index is 583. The number of rotatable bonds is 8. The Hall–Kier alpha value is -2.08. The van der Waals surface area contributed by atoms with E-state index < -0.39 is 0 Å². The lowest BCUT2D eigenvalue weighted by atomic mass is 10.1. The first-order valence-corrected chi connectivity index (χ1v) is 9.58. The summed E-state index contributed by atoms with van der Waals surface area (Å²) in [6.45, 7) is 7.77. The van der Waals surface area contributed by atoms with Crippen molar-refractivity contribution in [2.45, 2.75) is 39.5 Å². The molecule has 6 heteroatoms. The summed E-state index contributed by atoms with van der Waals surface area (Å²) in [5.74, 6) is 0.558. The van der Waals surface area contributed by atoms with Crippen molar-refractivity contribution < 1.29 is 14.3 Å². The SMILES string of the molecule is CC(C)COCCCNC(=O)Nc1cccc(C(=O)N2CCCCC2)c1. The fourth-order valence-electron chi connectivity index (χ4n) is 2.88. The lowest BCUT2D eigenvalue weighted by Gasteiger charge is -2.26. The van der Waals surface area contributed by atoms with Crippen molar-refractivity contribution in [3.05, 3.63) is 29.8 Å². The molecule has 1 aliphatic rings. The van der Waals surface area contributed by atoms with E-state index in [9.17, 15) is 9.59 Å². The lowest BCUT2D eigenvalue weighted by Crippen LogP contribution is -2.35. The number of nitrogens with zero attached hydrogens (tertiary/aromatic N) is 1. The van der Waals surface area contributed by atoms with Crippen molar-refractivity contribution in [1.82, 2.24) is 10.2 Å². The van der Waals surface area contributed by atoms with Gasteiger partial charge in [-0.2, -0.15) is 0 Å². The maximum atomic E-state index is 12.5. The van der Waals surface area contributed by atoms with Gasteiger partial charge in [0.15, 0.2) is 0 Å². The summed E-state index contributed by atoms with van der Waals surface area (Å²) in [6.07, 6.45) is 4.08. The second-order valence-corrected chi connectivity index (χ2v) is 7.14. The van der Waals surface area contributed by atoms with Gasteiger partial charge in [-0.3, -0.25) is 4.79 Å². The molecule has 1 aliphatic heterocycles. The first-order chi connectivity index (χ1) is 12.6. The molecule has 26 heavy (non-hydrogen) atoms. The van der Waals surface area contributed by atoms with Crippen LogP contribution >= 0.6 is 0 Å². The molecular weight excluding hydrogens is 330 g/mol. The van der Waals surface area contributed by atoms with E-state index in [1.165, 1.54) is 6.42 Å². The number of hydrogen-bond donors (Lipinski definition) is 2. The smallest absolute Gasteiger partial charge is 0.319 e. The third-order valence-corrected chi connectivity index (χ3v) is 4.21. The number of hydrogen-bond acceptors (Lipinski definition) is 3. The highest BCUT2D eigenvalue weighted by molar-refractivity contribution is 5.96. The van der Waals surface area contributed by atoms with Crippen LogP contribution in [0.15, 0.2) is 24.3 Å². The number of piperidine rings is 1. The van der Waals surface area contributed by atoms with Gasteiger partial charge in [-0.25, -0.2) is 4.79 Å². The first kappa shape index (κ1) is 20.2. The Kier molecular flexibility index (Phi) is 8.41. The topological polar surface area (TPSA) is 70.7 Å².